The number of benzene rings is 3. The fourth-order valence-electron chi connectivity index (χ4n) is 5.79. The highest BCUT2D eigenvalue weighted by atomic mass is 19.4. The minimum Gasteiger partial charge on any atom is -0.493 e. The van der Waals surface area contributed by atoms with Gasteiger partial charge < -0.3 is 29.0 Å². The van der Waals surface area contributed by atoms with Crippen molar-refractivity contribution in [2.75, 3.05) is 32.3 Å². The molecule has 4 aromatic rings. The third-order valence-corrected chi connectivity index (χ3v) is 8.16. The molecule has 0 saturated carbocycles. The molecule has 0 bridgehead atoms. The molecule has 1 N–H and O–H groups in total. The molecule has 0 aliphatic rings. The van der Waals surface area contributed by atoms with Crippen molar-refractivity contribution in [2.45, 2.75) is 72.4 Å². The fraction of sp³-hybridized carbons (Fsp3) is 0.395. The highest BCUT2D eigenvalue weighted by Gasteiger charge is 2.31. The maximum atomic E-state index is 13.9. The normalized spacial score (nSPS) is 11.4. The second-order valence-corrected chi connectivity index (χ2v) is 12.2. The summed E-state index contributed by atoms with van der Waals surface area (Å²) >= 11 is 0. The zero-order valence-corrected chi connectivity index (χ0v) is 29.6. The van der Waals surface area contributed by atoms with Crippen molar-refractivity contribution in [2.24, 2.45) is 0 Å². The number of nitrogens with zero attached hydrogens (tertiary/aromatic N) is 3. The summed E-state index contributed by atoms with van der Waals surface area (Å²) in [6, 6.07) is 10.9. The Morgan fingerprint density at radius 3 is 2.14 bits per heavy atom. The molecular weight excluding hydrogens is 670 g/mol. The summed E-state index contributed by atoms with van der Waals surface area (Å²) in [5.41, 5.74) is 3.50. The highest BCUT2D eigenvalue weighted by Crippen LogP contribution is 2.42. The molecule has 1 aromatic heterocycles. The van der Waals surface area contributed by atoms with Gasteiger partial charge in [-0.05, 0) is 96.0 Å². The summed E-state index contributed by atoms with van der Waals surface area (Å²) in [6.07, 6.45) is -1.66. The van der Waals surface area contributed by atoms with Crippen molar-refractivity contribution < 1.29 is 46.4 Å². The average Bonchev–Trinajstić information content (AvgIpc) is 3.09. The second-order valence-electron chi connectivity index (χ2n) is 12.2. The van der Waals surface area contributed by atoms with E-state index >= 15 is 0 Å². The monoisotopic (exact) mass is 713 g/mol. The van der Waals surface area contributed by atoms with Crippen LogP contribution in [-0.2, 0) is 30.7 Å². The first kappa shape index (κ1) is 38.7. The van der Waals surface area contributed by atoms with Crippen LogP contribution in [0.1, 0.15) is 72.9 Å². The molecule has 51 heavy (non-hydrogen) atoms. The lowest BCUT2D eigenvalue weighted by atomic mass is 9.90. The Morgan fingerprint density at radius 1 is 0.882 bits per heavy atom. The molecule has 0 atom stereocenters. The van der Waals surface area contributed by atoms with Crippen LogP contribution in [0.3, 0.4) is 0 Å². The van der Waals surface area contributed by atoms with Crippen LogP contribution in [0.4, 0.5) is 23.5 Å². The molecule has 0 aliphatic heterocycles. The minimum atomic E-state index is -4.69. The molecular formula is C38H43F4N3O6. The molecule has 1 heterocycles. The topological polar surface area (TPSA) is 103 Å². The summed E-state index contributed by atoms with van der Waals surface area (Å²) in [4.78, 5) is 21.5. The van der Waals surface area contributed by atoms with Gasteiger partial charge in [-0.2, -0.15) is 13.2 Å². The summed E-state index contributed by atoms with van der Waals surface area (Å²) < 4.78 is 78.5. The number of hydrogen-bond donors (Lipinski definition) is 1. The predicted molar refractivity (Wildman–Crippen MR) is 186 cm³/mol. The van der Waals surface area contributed by atoms with Crippen LogP contribution in [0.5, 0.6) is 23.0 Å². The summed E-state index contributed by atoms with van der Waals surface area (Å²) in [7, 11) is 3.04. The first-order valence-corrected chi connectivity index (χ1v) is 16.5. The van der Waals surface area contributed by atoms with Gasteiger partial charge in [0.1, 0.15) is 12.4 Å². The number of rotatable bonds is 17. The molecule has 4 rings (SSSR count). The molecule has 0 aliphatic carbocycles. The van der Waals surface area contributed by atoms with E-state index in [1.54, 1.807) is 11.0 Å². The third-order valence-electron chi connectivity index (χ3n) is 8.16. The molecule has 0 saturated heterocycles. The fourth-order valence-corrected chi connectivity index (χ4v) is 5.79. The standard InChI is InChI=1S/C38H43F4N3O6/c1-7-50-33-11-24(4)30(23(2)3)16-32(33)31-17-35(49-6)34(48-5)15-27(31)22-45(21-26-12-25(18-39)13-28(14-26)38(40,41)42)37-43-19-29(20-44-37)51-10-8-9-36(46)47/h11-17,19-20,23H,7-10,18,21-22H2,1-6H3,(H,46,47). The maximum absolute atomic E-state index is 13.9. The van der Waals surface area contributed by atoms with Crippen LogP contribution < -0.4 is 23.8 Å². The molecule has 0 amide bonds. The number of aliphatic carboxylic acids is 1. The van der Waals surface area contributed by atoms with Crippen molar-refractivity contribution in [1.29, 1.82) is 0 Å². The first-order valence-electron chi connectivity index (χ1n) is 16.5. The summed E-state index contributed by atoms with van der Waals surface area (Å²) in [6.45, 7) is 7.53. The van der Waals surface area contributed by atoms with Gasteiger partial charge in [0.25, 0.3) is 0 Å². The van der Waals surface area contributed by atoms with Gasteiger partial charge in [-0.3, -0.25) is 4.79 Å². The van der Waals surface area contributed by atoms with Crippen LogP contribution >= 0.6 is 0 Å². The van der Waals surface area contributed by atoms with Gasteiger partial charge in [0.2, 0.25) is 5.95 Å². The number of carbonyl (C=O) groups is 1. The zero-order chi connectivity index (χ0) is 37.3. The number of halogens is 4. The number of aromatic nitrogens is 2. The second kappa shape index (κ2) is 17.2. The lowest BCUT2D eigenvalue weighted by Gasteiger charge is -2.26. The van der Waals surface area contributed by atoms with Crippen molar-refractivity contribution in [3.63, 3.8) is 0 Å². The van der Waals surface area contributed by atoms with Gasteiger partial charge in [0.15, 0.2) is 17.2 Å². The largest absolute Gasteiger partial charge is 0.493 e. The lowest BCUT2D eigenvalue weighted by molar-refractivity contribution is -0.138. The van der Waals surface area contributed by atoms with E-state index in [2.05, 4.69) is 29.9 Å². The average molecular weight is 714 g/mol. The van der Waals surface area contributed by atoms with Gasteiger partial charge in [-0.1, -0.05) is 19.9 Å². The van der Waals surface area contributed by atoms with Crippen LogP contribution in [0.25, 0.3) is 11.1 Å². The number of carboxylic acid groups (broad SMARTS) is 1. The van der Waals surface area contributed by atoms with Crippen LogP contribution in [0, 0.1) is 6.92 Å². The number of alkyl halides is 4. The van der Waals surface area contributed by atoms with E-state index in [-0.39, 0.29) is 61.3 Å². The molecule has 3 aromatic carbocycles. The molecule has 9 nitrogen and oxygen atoms in total. The van der Waals surface area contributed by atoms with E-state index in [4.69, 9.17) is 24.1 Å². The molecule has 0 unspecified atom stereocenters. The first-order chi connectivity index (χ1) is 24.3. The van der Waals surface area contributed by atoms with Crippen LogP contribution in [0.15, 0.2) is 54.9 Å². The number of hydrogen-bond acceptors (Lipinski definition) is 8. The van der Waals surface area contributed by atoms with Crippen molar-refractivity contribution in [1.82, 2.24) is 9.97 Å². The van der Waals surface area contributed by atoms with E-state index in [1.807, 2.05) is 26.0 Å². The number of methoxy groups -OCH3 is 2. The van der Waals surface area contributed by atoms with E-state index in [9.17, 15) is 22.4 Å². The van der Waals surface area contributed by atoms with Gasteiger partial charge in [-0.15, -0.1) is 0 Å². The van der Waals surface area contributed by atoms with Gasteiger partial charge in [-0.25, -0.2) is 14.4 Å². The van der Waals surface area contributed by atoms with E-state index in [1.165, 1.54) is 32.7 Å². The van der Waals surface area contributed by atoms with E-state index in [0.29, 0.717) is 29.4 Å². The van der Waals surface area contributed by atoms with E-state index < -0.39 is 24.4 Å². The van der Waals surface area contributed by atoms with Crippen LogP contribution in [-0.4, -0.2) is 48.5 Å². The summed E-state index contributed by atoms with van der Waals surface area (Å²) in [5.74, 6) is 1.23. The smallest absolute Gasteiger partial charge is 0.416 e. The van der Waals surface area contributed by atoms with Crippen molar-refractivity contribution in [3.8, 4) is 34.1 Å². The van der Waals surface area contributed by atoms with Gasteiger partial charge >= 0.3 is 12.1 Å². The molecule has 13 heteroatoms. The Bertz CT molecular complexity index is 1800. The molecule has 0 spiro atoms. The molecule has 274 valence electrons. The molecule has 0 radical (unpaired) electrons. The van der Waals surface area contributed by atoms with Crippen molar-refractivity contribution in [3.05, 3.63) is 88.2 Å². The Kier molecular flexibility index (Phi) is 13.1. The van der Waals surface area contributed by atoms with Gasteiger partial charge in [0, 0.05) is 25.1 Å². The maximum Gasteiger partial charge on any atom is 0.416 e. The zero-order valence-electron chi connectivity index (χ0n) is 29.6. The van der Waals surface area contributed by atoms with Crippen LogP contribution in [0.2, 0.25) is 0 Å². The number of ether oxygens (including phenoxy) is 4. The number of carboxylic acids is 1. The Morgan fingerprint density at radius 2 is 1.55 bits per heavy atom. The summed E-state index contributed by atoms with van der Waals surface area (Å²) in [5, 5.41) is 8.90. The number of aryl methyl sites for hydroxylation is 1. The Balaban J connectivity index is 1.87. The lowest BCUT2D eigenvalue weighted by Crippen LogP contribution is -2.25. The number of anilines is 1. The van der Waals surface area contributed by atoms with Gasteiger partial charge in [0.05, 0.1) is 45.4 Å². The quantitative estimate of drug-likeness (QED) is 0.0849. The van der Waals surface area contributed by atoms with Crippen molar-refractivity contribution >= 4 is 11.9 Å². The predicted octanol–water partition coefficient (Wildman–Crippen LogP) is 8.93. The SMILES string of the molecule is CCOc1cc(C)c(C(C)C)cc1-c1cc(OC)c(OC)cc1CN(Cc1cc(CF)cc(C(F)(F)F)c1)c1ncc(OCCCC(=O)O)cn1. The Hall–Kier alpha value is -5.07. The third kappa shape index (κ3) is 10.0. The Labute approximate surface area is 295 Å². The molecule has 0 fully saturated rings. The van der Waals surface area contributed by atoms with E-state index in [0.717, 1.165) is 34.4 Å². The minimum absolute atomic E-state index is 0.0666. The highest BCUT2D eigenvalue weighted by molar-refractivity contribution is 5.78.